The molecule has 0 aliphatic carbocycles. The Balaban J connectivity index is 1.45. The largest absolute Gasteiger partial charge is 0.493 e. The van der Waals surface area contributed by atoms with Gasteiger partial charge in [-0.3, -0.25) is 4.79 Å². The van der Waals surface area contributed by atoms with Crippen LogP contribution in [-0.2, 0) is 11.3 Å². The summed E-state index contributed by atoms with van der Waals surface area (Å²) >= 11 is 0. The minimum absolute atomic E-state index is 0.0637. The molecule has 0 bridgehead atoms. The Hall–Kier alpha value is -2.73. The van der Waals surface area contributed by atoms with Gasteiger partial charge in [-0.15, -0.1) is 0 Å². The topological polar surface area (TPSA) is 62.8 Å². The zero-order chi connectivity index (χ0) is 19.8. The van der Waals surface area contributed by atoms with Crippen molar-refractivity contribution in [3.05, 3.63) is 48.0 Å². The van der Waals surface area contributed by atoms with Crippen LogP contribution in [-0.4, -0.2) is 39.8 Å². The van der Waals surface area contributed by atoms with Crippen LogP contribution in [0.1, 0.15) is 24.8 Å². The predicted octanol–water partition coefficient (Wildman–Crippen LogP) is 3.42. The fraction of sp³-hybridized carbons (Fsp3) is 0.409. The van der Waals surface area contributed by atoms with Gasteiger partial charge in [0.05, 0.1) is 20.8 Å². The number of hydrogen-bond acceptors (Lipinski definition) is 5. The number of amides is 1. The van der Waals surface area contributed by atoms with Gasteiger partial charge in [-0.2, -0.15) is 0 Å². The molecule has 0 atom stereocenters. The summed E-state index contributed by atoms with van der Waals surface area (Å²) in [4.78, 5) is 14.6. The molecule has 0 unspecified atom stereocenters. The van der Waals surface area contributed by atoms with Crippen molar-refractivity contribution < 1.29 is 14.3 Å². The van der Waals surface area contributed by atoms with E-state index in [0.29, 0.717) is 18.0 Å². The maximum absolute atomic E-state index is 12.2. The third-order valence-corrected chi connectivity index (χ3v) is 4.93. The second-order valence-electron chi connectivity index (χ2n) is 6.94. The number of benzene rings is 2. The SMILES string of the molecule is COc1ccc(CNCC(=O)Nc2ccc(N3CCCCC3)cc2)cc1OC. The summed E-state index contributed by atoms with van der Waals surface area (Å²) in [5.41, 5.74) is 3.07. The molecule has 1 heterocycles. The van der Waals surface area contributed by atoms with Gasteiger partial charge < -0.3 is 25.0 Å². The van der Waals surface area contributed by atoms with Crippen LogP contribution in [0.25, 0.3) is 0 Å². The molecule has 1 fully saturated rings. The summed E-state index contributed by atoms with van der Waals surface area (Å²) in [5, 5.41) is 6.09. The van der Waals surface area contributed by atoms with E-state index in [9.17, 15) is 4.79 Å². The molecule has 0 spiro atoms. The predicted molar refractivity (Wildman–Crippen MR) is 112 cm³/mol. The lowest BCUT2D eigenvalue weighted by molar-refractivity contribution is -0.115. The highest BCUT2D eigenvalue weighted by molar-refractivity contribution is 5.92. The lowest BCUT2D eigenvalue weighted by Gasteiger charge is -2.28. The fourth-order valence-corrected chi connectivity index (χ4v) is 3.42. The molecule has 150 valence electrons. The maximum Gasteiger partial charge on any atom is 0.238 e. The van der Waals surface area contributed by atoms with Gasteiger partial charge in [-0.25, -0.2) is 0 Å². The van der Waals surface area contributed by atoms with E-state index >= 15 is 0 Å². The number of nitrogens with one attached hydrogen (secondary N) is 2. The van der Waals surface area contributed by atoms with Gasteiger partial charge in [0, 0.05) is 31.0 Å². The van der Waals surface area contributed by atoms with Gasteiger partial charge in [0.2, 0.25) is 5.91 Å². The number of carbonyl (C=O) groups is 1. The molecule has 2 aromatic carbocycles. The summed E-state index contributed by atoms with van der Waals surface area (Å²) in [6.07, 6.45) is 3.83. The first-order valence-corrected chi connectivity index (χ1v) is 9.76. The standard InChI is InChI=1S/C22H29N3O3/c1-27-20-11-6-17(14-21(20)28-2)15-23-16-22(26)24-18-7-9-19(10-8-18)25-12-4-3-5-13-25/h6-11,14,23H,3-5,12-13,15-16H2,1-2H3,(H,24,26). The maximum atomic E-state index is 12.2. The molecule has 0 aromatic heterocycles. The Kier molecular flexibility index (Phi) is 7.14. The molecule has 3 rings (SSSR count). The molecular formula is C22H29N3O3. The molecule has 28 heavy (non-hydrogen) atoms. The van der Waals surface area contributed by atoms with Crippen LogP contribution < -0.4 is 25.0 Å². The number of piperidine rings is 1. The summed E-state index contributed by atoms with van der Waals surface area (Å²) < 4.78 is 10.5. The third kappa shape index (κ3) is 5.39. The molecule has 6 heteroatoms. The minimum Gasteiger partial charge on any atom is -0.493 e. The van der Waals surface area contributed by atoms with E-state index < -0.39 is 0 Å². The zero-order valence-corrected chi connectivity index (χ0v) is 16.7. The zero-order valence-electron chi connectivity index (χ0n) is 16.7. The van der Waals surface area contributed by atoms with E-state index in [-0.39, 0.29) is 12.5 Å². The normalized spacial score (nSPS) is 13.9. The Morgan fingerprint density at radius 2 is 1.68 bits per heavy atom. The average Bonchev–Trinajstić information content (AvgIpc) is 2.74. The van der Waals surface area contributed by atoms with Gasteiger partial charge >= 0.3 is 0 Å². The molecule has 1 amide bonds. The summed E-state index contributed by atoms with van der Waals surface area (Å²) in [6.45, 7) is 3.04. The first kappa shape index (κ1) is 20.0. The number of hydrogen-bond donors (Lipinski definition) is 2. The van der Waals surface area contributed by atoms with E-state index in [1.54, 1.807) is 14.2 Å². The van der Waals surface area contributed by atoms with Crippen molar-refractivity contribution in [3.63, 3.8) is 0 Å². The lowest BCUT2D eigenvalue weighted by Crippen LogP contribution is -2.29. The van der Waals surface area contributed by atoms with Crippen LogP contribution in [0.2, 0.25) is 0 Å². The second-order valence-corrected chi connectivity index (χ2v) is 6.94. The Bertz CT molecular complexity index is 771. The molecule has 2 aromatic rings. The van der Waals surface area contributed by atoms with Gasteiger partial charge in [-0.1, -0.05) is 6.07 Å². The number of ether oxygens (including phenoxy) is 2. The summed E-state index contributed by atoms with van der Waals surface area (Å²) in [5.74, 6) is 1.31. The van der Waals surface area contributed by atoms with Crippen molar-refractivity contribution in [1.82, 2.24) is 5.32 Å². The number of anilines is 2. The van der Waals surface area contributed by atoms with Crippen molar-refractivity contribution in [1.29, 1.82) is 0 Å². The first-order chi connectivity index (χ1) is 13.7. The molecule has 0 saturated carbocycles. The van der Waals surface area contributed by atoms with E-state index in [1.807, 2.05) is 30.3 Å². The van der Waals surface area contributed by atoms with Crippen LogP contribution in [0.3, 0.4) is 0 Å². The highest BCUT2D eigenvalue weighted by Gasteiger charge is 2.11. The average molecular weight is 383 g/mol. The molecule has 1 saturated heterocycles. The van der Waals surface area contributed by atoms with Crippen LogP contribution in [0.4, 0.5) is 11.4 Å². The van der Waals surface area contributed by atoms with Crippen LogP contribution in [0.5, 0.6) is 11.5 Å². The second kappa shape index (κ2) is 9.99. The van der Waals surface area contributed by atoms with Crippen LogP contribution >= 0.6 is 0 Å². The van der Waals surface area contributed by atoms with E-state index in [4.69, 9.17) is 9.47 Å². The fourth-order valence-electron chi connectivity index (χ4n) is 3.42. The monoisotopic (exact) mass is 383 g/mol. The molecule has 1 aliphatic heterocycles. The van der Waals surface area contributed by atoms with Crippen molar-refractivity contribution in [2.45, 2.75) is 25.8 Å². The molecule has 6 nitrogen and oxygen atoms in total. The van der Waals surface area contributed by atoms with Gasteiger partial charge in [0.1, 0.15) is 0 Å². The van der Waals surface area contributed by atoms with Gasteiger partial charge in [0.15, 0.2) is 11.5 Å². The van der Waals surface area contributed by atoms with Crippen molar-refractivity contribution in [2.24, 2.45) is 0 Å². The highest BCUT2D eigenvalue weighted by Crippen LogP contribution is 2.27. The van der Waals surface area contributed by atoms with Crippen LogP contribution in [0.15, 0.2) is 42.5 Å². The van der Waals surface area contributed by atoms with Crippen molar-refractivity contribution in [3.8, 4) is 11.5 Å². The van der Waals surface area contributed by atoms with Gasteiger partial charge in [-0.05, 0) is 61.2 Å². The number of nitrogens with zero attached hydrogens (tertiary/aromatic N) is 1. The summed E-state index contributed by atoms with van der Waals surface area (Å²) in [6, 6.07) is 13.8. The quantitative estimate of drug-likeness (QED) is 0.731. The van der Waals surface area contributed by atoms with E-state index in [1.165, 1.54) is 24.9 Å². The van der Waals surface area contributed by atoms with E-state index in [2.05, 4.69) is 27.7 Å². The first-order valence-electron chi connectivity index (χ1n) is 9.76. The molecule has 1 aliphatic rings. The summed E-state index contributed by atoms with van der Waals surface area (Å²) in [7, 11) is 3.22. The Morgan fingerprint density at radius 3 is 2.36 bits per heavy atom. The smallest absolute Gasteiger partial charge is 0.238 e. The number of rotatable bonds is 8. The molecule has 0 radical (unpaired) electrons. The number of carbonyl (C=O) groups excluding carboxylic acids is 1. The third-order valence-electron chi connectivity index (χ3n) is 4.93. The van der Waals surface area contributed by atoms with Crippen molar-refractivity contribution >= 4 is 17.3 Å². The van der Waals surface area contributed by atoms with Crippen molar-refractivity contribution in [2.75, 3.05) is 44.1 Å². The Morgan fingerprint density at radius 1 is 0.964 bits per heavy atom. The lowest BCUT2D eigenvalue weighted by atomic mass is 10.1. The van der Waals surface area contributed by atoms with Crippen LogP contribution in [0, 0.1) is 0 Å². The van der Waals surface area contributed by atoms with E-state index in [0.717, 1.165) is 24.3 Å². The number of methoxy groups -OCH3 is 2. The van der Waals surface area contributed by atoms with Gasteiger partial charge in [0.25, 0.3) is 0 Å². The highest BCUT2D eigenvalue weighted by atomic mass is 16.5. The molecule has 2 N–H and O–H groups in total. The minimum atomic E-state index is -0.0637. The molecular weight excluding hydrogens is 354 g/mol. The Labute approximate surface area is 166 Å².